The summed E-state index contributed by atoms with van der Waals surface area (Å²) in [5.74, 6) is 1.61. The van der Waals surface area contributed by atoms with Gasteiger partial charge in [-0.2, -0.15) is 0 Å². The van der Waals surface area contributed by atoms with Crippen molar-refractivity contribution in [2.24, 2.45) is 11.8 Å². The van der Waals surface area contributed by atoms with Crippen LogP contribution in [-0.2, 0) is 9.47 Å². The minimum absolute atomic E-state index is 0.366. The van der Waals surface area contributed by atoms with Crippen LogP contribution in [-0.4, -0.2) is 49.2 Å². The first kappa shape index (κ1) is 15.7. The zero-order chi connectivity index (χ0) is 14.7. The van der Waals surface area contributed by atoms with Crippen molar-refractivity contribution in [2.75, 3.05) is 19.8 Å². The molecule has 0 spiro atoms. The molecule has 0 bridgehead atoms. The van der Waals surface area contributed by atoms with E-state index in [1.165, 1.54) is 25.7 Å². The molecule has 1 aliphatic heterocycles. The fraction of sp³-hybridized carbons (Fsp3) is 1.00. The molecule has 0 aromatic rings. The molecule has 2 N–H and O–H groups in total. The SMILES string of the molecule is CC1CCC(OCC(O)CNC2CCOC2C2CC2)CC1. The third-order valence-corrected chi connectivity index (χ3v) is 5.33. The summed E-state index contributed by atoms with van der Waals surface area (Å²) in [5, 5.41) is 13.6. The molecule has 3 aliphatic rings. The molecule has 3 unspecified atom stereocenters. The lowest BCUT2D eigenvalue weighted by Gasteiger charge is -2.27. The highest BCUT2D eigenvalue weighted by Gasteiger charge is 2.40. The van der Waals surface area contributed by atoms with Crippen molar-refractivity contribution in [2.45, 2.75) is 76.2 Å². The summed E-state index contributed by atoms with van der Waals surface area (Å²) >= 11 is 0. The van der Waals surface area contributed by atoms with E-state index in [2.05, 4.69) is 12.2 Å². The maximum Gasteiger partial charge on any atom is 0.0897 e. The Balaban J connectivity index is 1.30. The van der Waals surface area contributed by atoms with Crippen LogP contribution in [0.1, 0.15) is 51.9 Å². The van der Waals surface area contributed by atoms with Crippen LogP contribution in [0, 0.1) is 11.8 Å². The first-order chi connectivity index (χ1) is 10.2. The van der Waals surface area contributed by atoms with Crippen LogP contribution in [0.2, 0.25) is 0 Å². The Bertz CT molecular complexity index is 313. The number of nitrogens with one attached hydrogen (secondary N) is 1. The normalized spacial score (nSPS) is 38.6. The van der Waals surface area contributed by atoms with Gasteiger partial charge in [-0.05, 0) is 56.8 Å². The van der Waals surface area contributed by atoms with Crippen molar-refractivity contribution in [3.63, 3.8) is 0 Å². The molecule has 4 heteroatoms. The Kier molecular flexibility index (Phi) is 5.54. The molecular weight excluding hydrogens is 266 g/mol. The van der Waals surface area contributed by atoms with Gasteiger partial charge in [-0.1, -0.05) is 6.92 Å². The Morgan fingerprint density at radius 3 is 2.62 bits per heavy atom. The molecule has 1 saturated heterocycles. The molecule has 3 fully saturated rings. The lowest BCUT2D eigenvalue weighted by molar-refractivity contribution is -0.0292. The molecule has 1 heterocycles. The van der Waals surface area contributed by atoms with Crippen molar-refractivity contribution >= 4 is 0 Å². The first-order valence-corrected chi connectivity index (χ1v) is 8.87. The highest BCUT2D eigenvalue weighted by molar-refractivity contribution is 4.93. The quantitative estimate of drug-likeness (QED) is 0.755. The molecule has 0 radical (unpaired) electrons. The molecule has 3 atom stereocenters. The van der Waals surface area contributed by atoms with Crippen LogP contribution < -0.4 is 5.32 Å². The second-order valence-electron chi connectivity index (χ2n) is 7.35. The monoisotopic (exact) mass is 297 g/mol. The predicted molar refractivity (Wildman–Crippen MR) is 82.3 cm³/mol. The van der Waals surface area contributed by atoms with Gasteiger partial charge >= 0.3 is 0 Å². The molecule has 3 rings (SSSR count). The third-order valence-electron chi connectivity index (χ3n) is 5.33. The van der Waals surface area contributed by atoms with E-state index < -0.39 is 6.10 Å². The maximum atomic E-state index is 10.1. The van der Waals surface area contributed by atoms with E-state index in [-0.39, 0.29) is 0 Å². The van der Waals surface area contributed by atoms with E-state index in [0.29, 0.717) is 31.4 Å². The summed E-state index contributed by atoms with van der Waals surface area (Å²) in [5.41, 5.74) is 0. The number of aliphatic hydroxyl groups excluding tert-OH is 1. The summed E-state index contributed by atoms with van der Waals surface area (Å²) in [7, 11) is 0. The minimum Gasteiger partial charge on any atom is -0.389 e. The molecule has 2 aliphatic carbocycles. The van der Waals surface area contributed by atoms with Crippen LogP contribution in [0.4, 0.5) is 0 Å². The molecule has 0 aromatic heterocycles. The van der Waals surface area contributed by atoms with Gasteiger partial charge in [0.15, 0.2) is 0 Å². The van der Waals surface area contributed by atoms with E-state index in [1.807, 2.05) is 0 Å². The highest BCUT2D eigenvalue weighted by atomic mass is 16.5. The van der Waals surface area contributed by atoms with Gasteiger partial charge in [0.05, 0.1) is 24.9 Å². The Morgan fingerprint density at radius 2 is 1.90 bits per heavy atom. The van der Waals surface area contributed by atoms with E-state index in [0.717, 1.165) is 37.7 Å². The van der Waals surface area contributed by atoms with Crippen molar-refractivity contribution in [1.82, 2.24) is 5.32 Å². The van der Waals surface area contributed by atoms with Crippen LogP contribution in [0.3, 0.4) is 0 Å². The lowest BCUT2D eigenvalue weighted by Crippen LogP contribution is -2.43. The molecular formula is C17H31NO3. The van der Waals surface area contributed by atoms with E-state index in [1.54, 1.807) is 0 Å². The summed E-state index contributed by atoms with van der Waals surface area (Å²) in [6, 6.07) is 0.433. The summed E-state index contributed by atoms with van der Waals surface area (Å²) in [4.78, 5) is 0. The zero-order valence-corrected chi connectivity index (χ0v) is 13.3. The van der Waals surface area contributed by atoms with Gasteiger partial charge in [0.25, 0.3) is 0 Å². The number of hydrogen-bond donors (Lipinski definition) is 2. The van der Waals surface area contributed by atoms with Crippen molar-refractivity contribution < 1.29 is 14.6 Å². The van der Waals surface area contributed by atoms with Gasteiger partial charge in [-0.3, -0.25) is 0 Å². The van der Waals surface area contributed by atoms with Crippen molar-refractivity contribution in [3.8, 4) is 0 Å². The van der Waals surface area contributed by atoms with Gasteiger partial charge < -0.3 is 19.9 Å². The average Bonchev–Trinajstić information content (AvgIpc) is 3.23. The first-order valence-electron chi connectivity index (χ1n) is 8.87. The molecule has 4 nitrogen and oxygen atoms in total. The van der Waals surface area contributed by atoms with Gasteiger partial charge in [-0.25, -0.2) is 0 Å². The van der Waals surface area contributed by atoms with Crippen LogP contribution in [0.25, 0.3) is 0 Å². The summed E-state index contributed by atoms with van der Waals surface area (Å²) in [6.07, 6.45) is 8.90. The number of rotatable bonds is 7. The topological polar surface area (TPSA) is 50.7 Å². The number of hydrogen-bond acceptors (Lipinski definition) is 4. The summed E-state index contributed by atoms with van der Waals surface area (Å²) in [6.45, 7) is 4.27. The Morgan fingerprint density at radius 1 is 1.14 bits per heavy atom. The second-order valence-corrected chi connectivity index (χ2v) is 7.35. The van der Waals surface area contributed by atoms with E-state index in [9.17, 15) is 5.11 Å². The van der Waals surface area contributed by atoms with Crippen LogP contribution in [0.15, 0.2) is 0 Å². The Hall–Kier alpha value is -0.160. The van der Waals surface area contributed by atoms with E-state index in [4.69, 9.17) is 9.47 Å². The van der Waals surface area contributed by atoms with Gasteiger partial charge in [-0.15, -0.1) is 0 Å². The highest BCUT2D eigenvalue weighted by Crippen LogP contribution is 2.38. The number of aliphatic hydroxyl groups is 1. The molecule has 21 heavy (non-hydrogen) atoms. The van der Waals surface area contributed by atoms with E-state index >= 15 is 0 Å². The fourth-order valence-corrected chi connectivity index (χ4v) is 3.71. The maximum absolute atomic E-state index is 10.1. The Labute approximate surface area is 128 Å². The van der Waals surface area contributed by atoms with Crippen molar-refractivity contribution in [1.29, 1.82) is 0 Å². The lowest BCUT2D eigenvalue weighted by atomic mass is 9.89. The van der Waals surface area contributed by atoms with Crippen molar-refractivity contribution in [3.05, 3.63) is 0 Å². The minimum atomic E-state index is -0.398. The second kappa shape index (κ2) is 7.40. The molecule has 122 valence electrons. The fourth-order valence-electron chi connectivity index (χ4n) is 3.71. The summed E-state index contributed by atoms with van der Waals surface area (Å²) < 4.78 is 11.7. The number of ether oxygens (including phenoxy) is 2. The zero-order valence-electron chi connectivity index (χ0n) is 13.3. The molecule has 2 saturated carbocycles. The average molecular weight is 297 g/mol. The van der Waals surface area contributed by atoms with Crippen LogP contribution in [0.5, 0.6) is 0 Å². The van der Waals surface area contributed by atoms with Crippen LogP contribution >= 0.6 is 0 Å². The molecule has 0 aromatic carbocycles. The standard InChI is InChI=1S/C17H31NO3/c1-12-2-6-15(7-3-12)21-11-14(19)10-18-16-8-9-20-17(16)13-4-5-13/h12-19H,2-11H2,1H3. The van der Waals surface area contributed by atoms with Gasteiger partial charge in [0, 0.05) is 19.2 Å². The smallest absolute Gasteiger partial charge is 0.0897 e. The predicted octanol–water partition coefficient (Wildman–Crippen LogP) is 2.10. The van der Waals surface area contributed by atoms with Gasteiger partial charge in [0.1, 0.15) is 0 Å². The largest absolute Gasteiger partial charge is 0.389 e. The third kappa shape index (κ3) is 4.65. The molecule has 0 amide bonds. The van der Waals surface area contributed by atoms with Gasteiger partial charge in [0.2, 0.25) is 0 Å².